The van der Waals surface area contributed by atoms with E-state index >= 15 is 0 Å². The van der Waals surface area contributed by atoms with E-state index in [1.54, 1.807) is 4.90 Å². The van der Waals surface area contributed by atoms with Crippen molar-refractivity contribution in [3.8, 4) is 5.75 Å². The van der Waals surface area contributed by atoms with Gasteiger partial charge in [-0.05, 0) is 35.7 Å². The Labute approximate surface area is 136 Å². The minimum atomic E-state index is -0.359. The van der Waals surface area contributed by atoms with Crippen LogP contribution in [0.1, 0.15) is 16.7 Å². The molecule has 0 atom stereocenters. The summed E-state index contributed by atoms with van der Waals surface area (Å²) in [6, 6.07) is 15.8. The molecule has 0 unspecified atom stereocenters. The number of ether oxygens (including phenoxy) is 1. The Balaban J connectivity index is 1.59. The summed E-state index contributed by atoms with van der Waals surface area (Å²) in [4.78, 5) is 13.7. The molecule has 1 aliphatic rings. The van der Waals surface area contributed by atoms with Gasteiger partial charge in [-0.25, -0.2) is 0 Å². The lowest BCUT2D eigenvalue weighted by Gasteiger charge is -2.35. The van der Waals surface area contributed by atoms with Gasteiger partial charge in [0.15, 0.2) is 0 Å². The van der Waals surface area contributed by atoms with Gasteiger partial charge in [-0.1, -0.05) is 36.4 Å². The molecule has 0 bridgehead atoms. The highest BCUT2D eigenvalue weighted by molar-refractivity contribution is 5.79. The first kappa shape index (κ1) is 15.6. The van der Waals surface area contributed by atoms with Crippen LogP contribution in [0.2, 0.25) is 0 Å². The fourth-order valence-corrected chi connectivity index (χ4v) is 2.62. The van der Waals surface area contributed by atoms with Gasteiger partial charge in [0, 0.05) is 13.1 Å². The Hall–Kier alpha value is -2.33. The second kappa shape index (κ2) is 6.84. The lowest BCUT2D eigenvalue weighted by Crippen LogP contribution is -2.53. The topological polar surface area (TPSA) is 49.8 Å². The summed E-state index contributed by atoms with van der Waals surface area (Å²) in [5.74, 6) is 0.813. The predicted octanol–water partition coefficient (Wildman–Crippen LogP) is 2.32. The molecule has 1 aliphatic heterocycles. The summed E-state index contributed by atoms with van der Waals surface area (Å²) < 4.78 is 5.85. The van der Waals surface area contributed by atoms with Crippen LogP contribution in [0.5, 0.6) is 5.75 Å². The van der Waals surface area contributed by atoms with Gasteiger partial charge < -0.3 is 14.7 Å². The minimum absolute atomic E-state index is 0.0475. The molecule has 0 aliphatic carbocycles. The lowest BCUT2D eigenvalue weighted by molar-refractivity contribution is -0.140. The van der Waals surface area contributed by atoms with E-state index in [1.807, 2.05) is 36.4 Å². The highest BCUT2D eigenvalue weighted by Crippen LogP contribution is 2.18. The van der Waals surface area contributed by atoms with Gasteiger partial charge in [-0.2, -0.15) is 0 Å². The van der Waals surface area contributed by atoms with Gasteiger partial charge in [-0.15, -0.1) is 0 Å². The molecule has 0 spiro atoms. The summed E-state index contributed by atoms with van der Waals surface area (Å²) >= 11 is 0. The van der Waals surface area contributed by atoms with Crippen LogP contribution in [0.25, 0.3) is 0 Å². The number of likely N-dealkylation sites (tertiary alicyclic amines) is 1. The Bertz CT molecular complexity index is 693. The van der Waals surface area contributed by atoms with Crippen molar-refractivity contribution >= 4 is 5.91 Å². The molecule has 1 heterocycles. The molecule has 1 saturated heterocycles. The average molecular weight is 311 g/mol. The maximum Gasteiger partial charge on any atom is 0.227 e. The Kier molecular flexibility index (Phi) is 4.63. The molecule has 0 saturated carbocycles. The molecular formula is C19H21NO3. The van der Waals surface area contributed by atoms with Gasteiger partial charge in [0.1, 0.15) is 12.4 Å². The monoisotopic (exact) mass is 311 g/mol. The van der Waals surface area contributed by atoms with Crippen LogP contribution in [0, 0.1) is 6.92 Å². The number of nitrogens with zero attached hydrogens (tertiary/aromatic N) is 1. The number of rotatable bonds is 5. The van der Waals surface area contributed by atoms with Crippen LogP contribution in [0.4, 0.5) is 0 Å². The average Bonchev–Trinajstić information content (AvgIpc) is 2.51. The smallest absolute Gasteiger partial charge is 0.227 e. The zero-order valence-corrected chi connectivity index (χ0v) is 13.2. The normalized spacial score (nSPS) is 14.4. The summed E-state index contributed by atoms with van der Waals surface area (Å²) in [6.45, 7) is 3.47. The highest BCUT2D eigenvalue weighted by Gasteiger charge is 2.28. The SMILES string of the molecule is Cc1ccccc1COc1cccc(CC(=O)N2CC(O)C2)c1. The van der Waals surface area contributed by atoms with Gasteiger partial charge in [0.2, 0.25) is 5.91 Å². The summed E-state index contributed by atoms with van der Waals surface area (Å²) in [6.07, 6.45) is -0.0170. The summed E-state index contributed by atoms with van der Waals surface area (Å²) in [5, 5.41) is 9.26. The third-order valence-corrected chi connectivity index (χ3v) is 4.12. The van der Waals surface area contributed by atoms with E-state index in [4.69, 9.17) is 4.74 Å². The zero-order valence-electron chi connectivity index (χ0n) is 13.2. The van der Waals surface area contributed by atoms with E-state index in [0.29, 0.717) is 26.1 Å². The van der Waals surface area contributed by atoms with Crippen molar-refractivity contribution in [3.63, 3.8) is 0 Å². The minimum Gasteiger partial charge on any atom is -0.489 e. The van der Waals surface area contributed by atoms with Gasteiger partial charge in [0.25, 0.3) is 0 Å². The summed E-state index contributed by atoms with van der Waals surface area (Å²) in [5.41, 5.74) is 3.29. The molecule has 0 aromatic heterocycles. The van der Waals surface area contributed by atoms with Crippen molar-refractivity contribution in [2.24, 2.45) is 0 Å². The van der Waals surface area contributed by atoms with Crippen molar-refractivity contribution in [2.75, 3.05) is 13.1 Å². The van der Waals surface area contributed by atoms with Crippen LogP contribution >= 0.6 is 0 Å². The van der Waals surface area contributed by atoms with E-state index in [1.165, 1.54) is 5.56 Å². The van der Waals surface area contributed by atoms with Crippen LogP contribution in [-0.4, -0.2) is 35.1 Å². The summed E-state index contributed by atoms with van der Waals surface area (Å²) in [7, 11) is 0. The van der Waals surface area contributed by atoms with Crippen molar-refractivity contribution < 1.29 is 14.6 Å². The van der Waals surface area contributed by atoms with Crippen molar-refractivity contribution in [2.45, 2.75) is 26.1 Å². The molecule has 3 rings (SSSR count). The number of benzene rings is 2. The number of amides is 1. The van der Waals surface area contributed by atoms with Crippen LogP contribution in [0.3, 0.4) is 0 Å². The molecular weight excluding hydrogens is 290 g/mol. The van der Waals surface area contributed by atoms with Gasteiger partial charge >= 0.3 is 0 Å². The molecule has 120 valence electrons. The molecule has 1 amide bonds. The van der Waals surface area contributed by atoms with Crippen molar-refractivity contribution in [1.82, 2.24) is 4.90 Å². The van der Waals surface area contributed by atoms with E-state index in [9.17, 15) is 9.90 Å². The standard InChI is InChI=1S/C19H21NO3/c1-14-5-2-3-7-16(14)13-23-18-8-4-6-15(9-18)10-19(22)20-11-17(21)12-20/h2-9,17,21H,10-13H2,1H3. The lowest BCUT2D eigenvalue weighted by atomic mass is 10.1. The second-order valence-corrected chi connectivity index (χ2v) is 5.99. The second-order valence-electron chi connectivity index (χ2n) is 5.99. The Morgan fingerprint density at radius 2 is 2.00 bits per heavy atom. The molecule has 4 nitrogen and oxygen atoms in total. The van der Waals surface area contributed by atoms with Crippen LogP contribution in [-0.2, 0) is 17.8 Å². The number of hydrogen-bond donors (Lipinski definition) is 1. The molecule has 2 aromatic rings. The maximum absolute atomic E-state index is 12.0. The number of carbonyl (C=O) groups is 1. The first-order valence-electron chi connectivity index (χ1n) is 7.84. The van der Waals surface area contributed by atoms with Gasteiger partial charge in [-0.3, -0.25) is 4.79 Å². The zero-order chi connectivity index (χ0) is 16.2. The number of hydrogen-bond acceptors (Lipinski definition) is 3. The largest absolute Gasteiger partial charge is 0.489 e. The third-order valence-electron chi connectivity index (χ3n) is 4.12. The fraction of sp³-hybridized carbons (Fsp3) is 0.316. The maximum atomic E-state index is 12.0. The van der Waals surface area contributed by atoms with Crippen molar-refractivity contribution in [3.05, 3.63) is 65.2 Å². The highest BCUT2D eigenvalue weighted by atomic mass is 16.5. The van der Waals surface area contributed by atoms with Gasteiger partial charge in [0.05, 0.1) is 12.5 Å². The first-order chi connectivity index (χ1) is 11.1. The molecule has 2 aromatic carbocycles. The number of aryl methyl sites for hydroxylation is 1. The Morgan fingerprint density at radius 1 is 1.22 bits per heavy atom. The molecule has 0 radical (unpaired) electrons. The van der Waals surface area contributed by atoms with E-state index in [-0.39, 0.29) is 12.0 Å². The molecule has 4 heteroatoms. The molecule has 23 heavy (non-hydrogen) atoms. The number of carbonyl (C=O) groups excluding carboxylic acids is 1. The predicted molar refractivity (Wildman–Crippen MR) is 88.2 cm³/mol. The molecule has 1 N–H and O–H groups in total. The number of aliphatic hydroxyl groups excluding tert-OH is 1. The molecule has 1 fully saturated rings. The van der Waals surface area contributed by atoms with E-state index < -0.39 is 0 Å². The van der Waals surface area contributed by atoms with Crippen molar-refractivity contribution in [1.29, 1.82) is 0 Å². The number of β-amino-alcohol motifs (C(OH)–C–C–N with tert-alkyl or cyclic N) is 1. The van der Waals surface area contributed by atoms with Crippen LogP contribution < -0.4 is 4.74 Å². The van der Waals surface area contributed by atoms with E-state index in [0.717, 1.165) is 16.9 Å². The third kappa shape index (κ3) is 3.90. The Morgan fingerprint density at radius 3 is 2.74 bits per heavy atom. The van der Waals surface area contributed by atoms with Crippen LogP contribution in [0.15, 0.2) is 48.5 Å². The fourth-order valence-electron chi connectivity index (χ4n) is 2.62. The first-order valence-corrected chi connectivity index (χ1v) is 7.84. The quantitative estimate of drug-likeness (QED) is 0.922. The van der Waals surface area contributed by atoms with E-state index in [2.05, 4.69) is 19.1 Å². The number of aliphatic hydroxyl groups is 1.